The van der Waals surface area contributed by atoms with Crippen molar-refractivity contribution in [3.8, 4) is 0 Å². The monoisotopic (exact) mass is 285 g/mol. The largest absolute Gasteiger partial charge is 0.409 e. The van der Waals surface area contributed by atoms with Crippen molar-refractivity contribution in [3.05, 3.63) is 48.0 Å². The lowest BCUT2D eigenvalue weighted by Crippen LogP contribution is -2.47. The van der Waals surface area contributed by atoms with Gasteiger partial charge in [-0.05, 0) is 22.8 Å². The Morgan fingerprint density at radius 3 is 2.52 bits per heavy atom. The van der Waals surface area contributed by atoms with Gasteiger partial charge in [-0.25, -0.2) is 0 Å². The van der Waals surface area contributed by atoms with Gasteiger partial charge in [0.1, 0.15) is 0 Å². The molecular weight excluding hydrogens is 266 g/mol. The quantitative estimate of drug-likeness (QED) is 0.349. The van der Waals surface area contributed by atoms with Crippen molar-refractivity contribution in [1.82, 2.24) is 5.32 Å². The molecule has 0 saturated carbocycles. The second kappa shape index (κ2) is 6.26. The van der Waals surface area contributed by atoms with Gasteiger partial charge in [0.15, 0.2) is 5.84 Å². The fraction of sp³-hybridized carbons (Fsp3) is 0.250. The summed E-state index contributed by atoms with van der Waals surface area (Å²) in [5.41, 5.74) is 6.22. The smallest absolute Gasteiger partial charge is 0.252 e. The van der Waals surface area contributed by atoms with Gasteiger partial charge in [-0.1, -0.05) is 55.4 Å². The molecule has 110 valence electrons. The van der Waals surface area contributed by atoms with Crippen LogP contribution in [0.15, 0.2) is 47.6 Å². The minimum atomic E-state index is -0.513. The number of oxime groups is 1. The van der Waals surface area contributed by atoms with Crippen LogP contribution in [-0.4, -0.2) is 23.0 Å². The second-order valence-corrected chi connectivity index (χ2v) is 5.25. The van der Waals surface area contributed by atoms with Crippen molar-refractivity contribution in [3.63, 3.8) is 0 Å². The Labute approximate surface area is 123 Å². The molecule has 0 radical (unpaired) electrons. The summed E-state index contributed by atoms with van der Waals surface area (Å²) in [6, 6.07) is 12.7. The van der Waals surface area contributed by atoms with Crippen LogP contribution < -0.4 is 11.1 Å². The molecule has 0 aromatic heterocycles. The fourth-order valence-corrected chi connectivity index (χ4v) is 2.29. The number of carbonyl (C=O) groups is 1. The van der Waals surface area contributed by atoms with Crippen LogP contribution in [0.2, 0.25) is 0 Å². The maximum Gasteiger partial charge on any atom is 0.252 e. The number of amidine groups is 1. The van der Waals surface area contributed by atoms with E-state index < -0.39 is 6.04 Å². The van der Waals surface area contributed by atoms with Crippen molar-refractivity contribution < 1.29 is 10.0 Å². The van der Waals surface area contributed by atoms with E-state index in [0.717, 1.165) is 10.8 Å². The van der Waals surface area contributed by atoms with Crippen LogP contribution in [0.5, 0.6) is 0 Å². The molecule has 2 rings (SSSR count). The number of benzene rings is 2. The molecule has 0 aliphatic rings. The summed E-state index contributed by atoms with van der Waals surface area (Å²) in [4.78, 5) is 12.5. The lowest BCUT2D eigenvalue weighted by Gasteiger charge is -2.21. The third-order valence-corrected chi connectivity index (χ3v) is 3.42. The molecule has 1 atom stereocenters. The number of fused-ring (bicyclic) bond motifs is 1. The van der Waals surface area contributed by atoms with Crippen LogP contribution in [0.25, 0.3) is 10.8 Å². The molecule has 0 saturated heterocycles. The van der Waals surface area contributed by atoms with Gasteiger partial charge in [0, 0.05) is 5.56 Å². The summed E-state index contributed by atoms with van der Waals surface area (Å²) in [5.74, 6) is -0.226. The summed E-state index contributed by atoms with van der Waals surface area (Å²) >= 11 is 0. The molecule has 4 N–H and O–H groups in total. The number of nitrogens with two attached hydrogens (primary N) is 1. The number of hydrogen-bond donors (Lipinski definition) is 3. The second-order valence-electron chi connectivity index (χ2n) is 5.25. The first-order chi connectivity index (χ1) is 10.0. The molecular formula is C16H19N3O2. The molecule has 0 aliphatic heterocycles. The van der Waals surface area contributed by atoms with Crippen LogP contribution in [0.1, 0.15) is 24.2 Å². The summed E-state index contributed by atoms with van der Waals surface area (Å²) in [6.45, 7) is 3.79. The maximum atomic E-state index is 12.5. The van der Waals surface area contributed by atoms with E-state index in [1.165, 1.54) is 0 Å². The van der Waals surface area contributed by atoms with Crippen molar-refractivity contribution in [1.29, 1.82) is 0 Å². The number of amides is 1. The molecule has 0 aliphatic carbocycles. The molecule has 2 aromatic rings. The van der Waals surface area contributed by atoms with Gasteiger partial charge in [-0.15, -0.1) is 0 Å². The van der Waals surface area contributed by atoms with Crippen LogP contribution >= 0.6 is 0 Å². The molecule has 0 spiro atoms. The van der Waals surface area contributed by atoms with Crippen molar-refractivity contribution in [2.45, 2.75) is 19.9 Å². The van der Waals surface area contributed by atoms with Crippen LogP contribution in [0.3, 0.4) is 0 Å². The van der Waals surface area contributed by atoms with Gasteiger partial charge in [-0.2, -0.15) is 0 Å². The Hall–Kier alpha value is -2.56. The van der Waals surface area contributed by atoms with E-state index in [-0.39, 0.29) is 17.7 Å². The van der Waals surface area contributed by atoms with E-state index in [4.69, 9.17) is 10.9 Å². The van der Waals surface area contributed by atoms with E-state index in [1.807, 2.05) is 50.2 Å². The SMILES string of the molecule is CC(C)C(NC(=O)c1cccc2ccccc12)C(N)=NO. The Balaban J connectivity index is 2.34. The molecule has 0 heterocycles. The van der Waals surface area contributed by atoms with Gasteiger partial charge in [0.2, 0.25) is 0 Å². The normalized spacial score (nSPS) is 13.4. The van der Waals surface area contributed by atoms with E-state index in [2.05, 4.69) is 10.5 Å². The van der Waals surface area contributed by atoms with Crippen LogP contribution in [0, 0.1) is 5.92 Å². The summed E-state index contributed by atoms with van der Waals surface area (Å²) < 4.78 is 0. The lowest BCUT2D eigenvalue weighted by molar-refractivity contribution is 0.0940. The van der Waals surface area contributed by atoms with Crippen molar-refractivity contribution >= 4 is 22.5 Å². The van der Waals surface area contributed by atoms with Crippen molar-refractivity contribution in [2.24, 2.45) is 16.8 Å². The molecule has 0 fully saturated rings. The van der Waals surface area contributed by atoms with E-state index in [9.17, 15) is 4.79 Å². The van der Waals surface area contributed by atoms with Gasteiger partial charge < -0.3 is 16.3 Å². The molecule has 1 unspecified atom stereocenters. The molecule has 1 amide bonds. The predicted octanol–water partition coefficient (Wildman–Crippen LogP) is 2.34. The Morgan fingerprint density at radius 1 is 1.19 bits per heavy atom. The zero-order valence-corrected chi connectivity index (χ0v) is 12.1. The van der Waals surface area contributed by atoms with E-state index in [0.29, 0.717) is 5.56 Å². The number of nitrogens with zero attached hydrogens (tertiary/aromatic N) is 1. The lowest BCUT2D eigenvalue weighted by atomic mass is 10.0. The highest BCUT2D eigenvalue weighted by molar-refractivity contribution is 6.08. The fourth-order valence-electron chi connectivity index (χ4n) is 2.29. The highest BCUT2D eigenvalue weighted by Gasteiger charge is 2.22. The Bertz CT molecular complexity index is 675. The Morgan fingerprint density at radius 2 is 1.86 bits per heavy atom. The average Bonchev–Trinajstić information content (AvgIpc) is 2.50. The highest BCUT2D eigenvalue weighted by Crippen LogP contribution is 2.18. The first kappa shape index (κ1) is 14.8. The van der Waals surface area contributed by atoms with E-state index >= 15 is 0 Å². The standard InChI is InChI=1S/C16H19N3O2/c1-10(2)14(15(17)19-21)18-16(20)13-9-5-7-11-6-3-4-8-12(11)13/h3-10,14,21H,1-2H3,(H2,17,19)(H,18,20). The molecule has 0 bridgehead atoms. The molecule has 21 heavy (non-hydrogen) atoms. The topological polar surface area (TPSA) is 87.7 Å². The number of rotatable bonds is 4. The van der Waals surface area contributed by atoms with Gasteiger partial charge in [-0.3, -0.25) is 4.79 Å². The van der Waals surface area contributed by atoms with E-state index in [1.54, 1.807) is 6.07 Å². The zero-order valence-electron chi connectivity index (χ0n) is 12.1. The number of hydrogen-bond acceptors (Lipinski definition) is 3. The molecule has 5 nitrogen and oxygen atoms in total. The highest BCUT2D eigenvalue weighted by atomic mass is 16.4. The third kappa shape index (κ3) is 3.13. The minimum absolute atomic E-state index is 0.00131. The summed E-state index contributed by atoms with van der Waals surface area (Å²) in [5, 5.41) is 16.5. The number of nitrogens with one attached hydrogen (secondary N) is 1. The first-order valence-electron chi connectivity index (χ1n) is 6.80. The average molecular weight is 285 g/mol. The van der Waals surface area contributed by atoms with Gasteiger partial charge in [0.05, 0.1) is 6.04 Å². The third-order valence-electron chi connectivity index (χ3n) is 3.42. The van der Waals surface area contributed by atoms with Crippen LogP contribution in [-0.2, 0) is 0 Å². The minimum Gasteiger partial charge on any atom is -0.409 e. The predicted molar refractivity (Wildman–Crippen MR) is 83.4 cm³/mol. The Kier molecular flexibility index (Phi) is 4.42. The molecule has 5 heteroatoms. The zero-order chi connectivity index (χ0) is 15.4. The molecule has 2 aromatic carbocycles. The van der Waals surface area contributed by atoms with Gasteiger partial charge >= 0.3 is 0 Å². The van der Waals surface area contributed by atoms with Crippen molar-refractivity contribution in [2.75, 3.05) is 0 Å². The first-order valence-corrected chi connectivity index (χ1v) is 6.80. The summed E-state index contributed by atoms with van der Waals surface area (Å²) in [7, 11) is 0. The maximum absolute atomic E-state index is 12.5. The van der Waals surface area contributed by atoms with Gasteiger partial charge in [0.25, 0.3) is 5.91 Å². The summed E-state index contributed by atoms with van der Waals surface area (Å²) in [6.07, 6.45) is 0. The van der Waals surface area contributed by atoms with Crippen LogP contribution in [0.4, 0.5) is 0 Å². The number of carbonyl (C=O) groups excluding carboxylic acids is 1.